The van der Waals surface area contributed by atoms with Crippen LogP contribution in [0.1, 0.15) is 12.5 Å². The van der Waals surface area contributed by atoms with Crippen LogP contribution in [0.2, 0.25) is 5.15 Å². The fraction of sp³-hybridized carbons (Fsp3) is 0.667. The van der Waals surface area contributed by atoms with Crippen LogP contribution in [0.3, 0.4) is 0 Å². The van der Waals surface area contributed by atoms with E-state index in [1.165, 1.54) is 4.68 Å². The highest BCUT2D eigenvalue weighted by molar-refractivity contribution is 6.31. The maximum atomic E-state index is 12.2. The third-order valence-corrected chi connectivity index (χ3v) is 3.27. The van der Waals surface area contributed by atoms with Crippen molar-refractivity contribution in [1.29, 1.82) is 0 Å². The Morgan fingerprint density at radius 1 is 1.67 bits per heavy atom. The molecule has 18 heavy (non-hydrogen) atoms. The number of rotatable bonds is 4. The van der Waals surface area contributed by atoms with E-state index < -0.39 is 11.3 Å². The largest absolute Gasteiger partial charge is 0.325 e. The minimum Gasteiger partial charge on any atom is -0.296 e. The van der Waals surface area contributed by atoms with Gasteiger partial charge in [-0.2, -0.15) is 5.10 Å². The van der Waals surface area contributed by atoms with Gasteiger partial charge in [-0.25, -0.2) is 13.5 Å². The molecular formula is C9H11ClF2N4O2. The first-order chi connectivity index (χ1) is 8.49. The van der Waals surface area contributed by atoms with Gasteiger partial charge in [0, 0.05) is 13.1 Å². The van der Waals surface area contributed by atoms with Crippen molar-refractivity contribution in [3.05, 3.63) is 21.5 Å². The van der Waals surface area contributed by atoms with Crippen LogP contribution in [-0.2, 0) is 0 Å². The zero-order chi connectivity index (χ0) is 13.3. The molecule has 0 saturated carbocycles. The summed E-state index contributed by atoms with van der Waals surface area (Å²) >= 11 is 5.84. The van der Waals surface area contributed by atoms with Gasteiger partial charge in [0.1, 0.15) is 6.20 Å². The Morgan fingerprint density at radius 3 is 2.94 bits per heavy atom. The Morgan fingerprint density at radius 2 is 2.39 bits per heavy atom. The van der Waals surface area contributed by atoms with E-state index in [1.807, 2.05) is 0 Å². The van der Waals surface area contributed by atoms with E-state index >= 15 is 0 Å². The first kappa shape index (κ1) is 13.2. The van der Waals surface area contributed by atoms with Gasteiger partial charge in [0.05, 0.1) is 17.5 Å². The van der Waals surface area contributed by atoms with Crippen molar-refractivity contribution in [2.24, 2.45) is 0 Å². The first-order valence-electron chi connectivity index (χ1n) is 5.37. The molecule has 1 aliphatic heterocycles. The summed E-state index contributed by atoms with van der Waals surface area (Å²) in [5.41, 5.74) is -0.260. The maximum absolute atomic E-state index is 12.2. The molecular weight excluding hydrogens is 270 g/mol. The molecule has 9 heteroatoms. The molecule has 0 N–H and O–H groups in total. The smallest absolute Gasteiger partial charge is 0.296 e. The van der Waals surface area contributed by atoms with Crippen molar-refractivity contribution in [1.82, 2.24) is 14.7 Å². The van der Waals surface area contributed by atoms with Crippen molar-refractivity contribution in [3.8, 4) is 0 Å². The second-order valence-corrected chi connectivity index (χ2v) is 4.47. The fourth-order valence-corrected chi connectivity index (χ4v) is 2.39. The zero-order valence-corrected chi connectivity index (χ0v) is 10.1. The Bertz CT molecular complexity index is 454. The Labute approximate surface area is 106 Å². The lowest BCUT2D eigenvalue weighted by Gasteiger charge is -2.15. The molecule has 0 amide bonds. The summed E-state index contributed by atoms with van der Waals surface area (Å²) < 4.78 is 25.8. The van der Waals surface area contributed by atoms with Gasteiger partial charge < -0.3 is 0 Å². The standard InChI is InChI=1S/C9H11ClF2N4O2/c10-9-7(16(17)18)3-13-15(9)6-1-2-14(4-6)5-8(11)12/h3,6,8H,1-2,4-5H2/t6-/m0/s1. The minimum absolute atomic E-state index is 0.0519. The summed E-state index contributed by atoms with van der Waals surface area (Å²) in [5, 5.41) is 14.4. The van der Waals surface area contributed by atoms with Crippen molar-refractivity contribution < 1.29 is 13.7 Å². The number of halogens is 3. The van der Waals surface area contributed by atoms with Gasteiger partial charge in [-0.05, 0) is 6.42 Å². The van der Waals surface area contributed by atoms with E-state index in [-0.39, 0.29) is 23.4 Å². The summed E-state index contributed by atoms with van der Waals surface area (Å²) in [6, 6.07) is -0.190. The van der Waals surface area contributed by atoms with Crippen LogP contribution in [0.4, 0.5) is 14.5 Å². The average Bonchev–Trinajstić information content (AvgIpc) is 2.83. The third-order valence-electron chi connectivity index (χ3n) is 2.90. The van der Waals surface area contributed by atoms with Crippen molar-refractivity contribution in [2.75, 3.05) is 19.6 Å². The van der Waals surface area contributed by atoms with Crippen LogP contribution in [0.5, 0.6) is 0 Å². The van der Waals surface area contributed by atoms with Gasteiger partial charge in [0.25, 0.3) is 6.43 Å². The Hall–Kier alpha value is -1.28. The molecule has 2 rings (SSSR count). The number of likely N-dealkylation sites (tertiary alicyclic amines) is 1. The monoisotopic (exact) mass is 280 g/mol. The topological polar surface area (TPSA) is 64.2 Å². The van der Waals surface area contributed by atoms with Crippen molar-refractivity contribution in [3.63, 3.8) is 0 Å². The third kappa shape index (κ3) is 2.59. The van der Waals surface area contributed by atoms with Crippen LogP contribution in [0, 0.1) is 10.1 Å². The molecule has 0 spiro atoms. The normalized spacial score (nSPS) is 20.8. The molecule has 0 aliphatic carbocycles. The van der Waals surface area contributed by atoms with Crippen LogP contribution < -0.4 is 0 Å². The minimum atomic E-state index is -2.38. The van der Waals surface area contributed by atoms with Gasteiger partial charge in [-0.15, -0.1) is 0 Å². The predicted molar refractivity (Wildman–Crippen MR) is 60.0 cm³/mol. The van der Waals surface area contributed by atoms with Gasteiger partial charge in [-0.3, -0.25) is 15.0 Å². The van der Waals surface area contributed by atoms with Gasteiger partial charge in [0.15, 0.2) is 0 Å². The lowest BCUT2D eigenvalue weighted by molar-refractivity contribution is -0.384. The lowest BCUT2D eigenvalue weighted by atomic mass is 10.3. The number of nitrogens with zero attached hydrogens (tertiary/aromatic N) is 4. The Kier molecular flexibility index (Phi) is 3.76. The van der Waals surface area contributed by atoms with Crippen LogP contribution in [0.25, 0.3) is 0 Å². The number of aromatic nitrogens is 2. The summed E-state index contributed by atoms with van der Waals surface area (Å²) in [5.74, 6) is 0. The summed E-state index contributed by atoms with van der Waals surface area (Å²) in [7, 11) is 0. The van der Waals surface area contributed by atoms with Gasteiger partial charge in [0.2, 0.25) is 5.15 Å². The number of nitro groups is 1. The molecule has 1 aromatic rings. The molecule has 0 bridgehead atoms. The highest BCUT2D eigenvalue weighted by Gasteiger charge is 2.30. The van der Waals surface area contributed by atoms with E-state index in [2.05, 4.69) is 5.10 Å². The fourth-order valence-electron chi connectivity index (χ4n) is 2.09. The van der Waals surface area contributed by atoms with Crippen LogP contribution in [0.15, 0.2) is 6.20 Å². The van der Waals surface area contributed by atoms with Gasteiger partial charge >= 0.3 is 5.69 Å². The number of alkyl halides is 2. The molecule has 2 heterocycles. The average molecular weight is 281 g/mol. The van der Waals surface area contributed by atoms with Crippen molar-refractivity contribution >= 4 is 17.3 Å². The SMILES string of the molecule is O=[N+]([O-])c1cnn([C@H]2CCN(CC(F)F)C2)c1Cl. The highest BCUT2D eigenvalue weighted by Crippen LogP contribution is 2.30. The molecule has 0 radical (unpaired) electrons. The molecule has 1 aliphatic rings. The van der Waals surface area contributed by atoms with E-state index in [1.54, 1.807) is 4.90 Å². The van der Waals surface area contributed by atoms with E-state index in [0.717, 1.165) is 6.20 Å². The second-order valence-electron chi connectivity index (χ2n) is 4.12. The van der Waals surface area contributed by atoms with Crippen molar-refractivity contribution in [2.45, 2.75) is 18.9 Å². The van der Waals surface area contributed by atoms with E-state index in [0.29, 0.717) is 19.5 Å². The molecule has 0 aromatic carbocycles. The second kappa shape index (κ2) is 5.15. The van der Waals surface area contributed by atoms with Crippen LogP contribution >= 0.6 is 11.6 Å². The molecule has 1 saturated heterocycles. The zero-order valence-electron chi connectivity index (χ0n) is 9.30. The van der Waals surface area contributed by atoms with Gasteiger partial charge in [-0.1, -0.05) is 11.6 Å². The molecule has 0 unspecified atom stereocenters. The molecule has 1 aromatic heterocycles. The molecule has 6 nitrogen and oxygen atoms in total. The first-order valence-corrected chi connectivity index (χ1v) is 5.74. The molecule has 100 valence electrons. The summed E-state index contributed by atoms with van der Waals surface area (Å²) in [6.45, 7) is 0.597. The summed E-state index contributed by atoms with van der Waals surface area (Å²) in [4.78, 5) is 11.6. The Balaban J connectivity index is 2.08. The van der Waals surface area contributed by atoms with Crippen LogP contribution in [-0.4, -0.2) is 45.7 Å². The maximum Gasteiger partial charge on any atom is 0.325 e. The molecule has 1 atom stereocenters. The number of hydrogen-bond donors (Lipinski definition) is 0. The van der Waals surface area contributed by atoms with E-state index in [4.69, 9.17) is 11.6 Å². The highest BCUT2D eigenvalue weighted by atomic mass is 35.5. The van der Waals surface area contributed by atoms with E-state index in [9.17, 15) is 18.9 Å². The summed E-state index contributed by atoms with van der Waals surface area (Å²) in [6.07, 6.45) is -0.699. The lowest BCUT2D eigenvalue weighted by Crippen LogP contribution is -2.27. The number of hydrogen-bond acceptors (Lipinski definition) is 4. The quantitative estimate of drug-likeness (QED) is 0.625. The molecule has 1 fully saturated rings. The predicted octanol–water partition coefficient (Wildman–Crippen LogP) is 1.96.